The second-order valence-corrected chi connectivity index (χ2v) is 9.10. The van der Waals surface area contributed by atoms with Crippen molar-refractivity contribution < 1.29 is 4.79 Å². The lowest BCUT2D eigenvalue weighted by atomic mass is 9.91. The van der Waals surface area contributed by atoms with Gasteiger partial charge in [-0.2, -0.15) is 5.26 Å². The highest BCUT2D eigenvalue weighted by Crippen LogP contribution is 2.24. The zero-order valence-corrected chi connectivity index (χ0v) is 20.2. The van der Waals surface area contributed by atoms with Gasteiger partial charge in [-0.05, 0) is 62.1 Å². The lowest BCUT2D eigenvalue weighted by Crippen LogP contribution is -2.48. The summed E-state index contributed by atoms with van der Waals surface area (Å²) >= 11 is 0. The highest BCUT2D eigenvalue weighted by atomic mass is 16.2. The number of aromatic amines is 1. The Balaban J connectivity index is 2.17. The molecule has 0 bridgehead atoms. The molecule has 1 aromatic heterocycles. The zero-order chi connectivity index (χ0) is 23.8. The number of rotatable bonds is 12. The SMILES string of the molecule is C=C(N[C@@H](CC(C)C)C(=O)NC(C#N)CC(CC)C(=C)C)c1cc2c(CC)cccc2[nH]1. The molecule has 2 aromatic rings. The summed E-state index contributed by atoms with van der Waals surface area (Å²) < 4.78 is 0. The second-order valence-electron chi connectivity index (χ2n) is 9.10. The molecule has 3 atom stereocenters. The van der Waals surface area contributed by atoms with E-state index in [-0.39, 0.29) is 11.8 Å². The number of nitrogens with zero attached hydrogens (tertiary/aromatic N) is 1. The summed E-state index contributed by atoms with van der Waals surface area (Å²) in [5.74, 6) is 0.346. The number of hydrogen-bond donors (Lipinski definition) is 3. The summed E-state index contributed by atoms with van der Waals surface area (Å²) in [7, 11) is 0. The first kappa shape index (κ1) is 25.3. The minimum Gasteiger partial charge on any atom is -0.372 e. The number of benzene rings is 1. The van der Waals surface area contributed by atoms with Gasteiger partial charge in [0.15, 0.2) is 0 Å². The molecule has 5 heteroatoms. The Labute approximate surface area is 193 Å². The number of fused-ring (bicyclic) bond motifs is 1. The van der Waals surface area contributed by atoms with Crippen LogP contribution in [0.15, 0.2) is 43.0 Å². The first-order chi connectivity index (χ1) is 15.2. The van der Waals surface area contributed by atoms with E-state index < -0.39 is 12.1 Å². The van der Waals surface area contributed by atoms with Gasteiger partial charge in [-0.3, -0.25) is 4.79 Å². The average molecular weight is 435 g/mol. The van der Waals surface area contributed by atoms with E-state index in [1.165, 1.54) is 10.9 Å². The Morgan fingerprint density at radius 2 is 1.91 bits per heavy atom. The Morgan fingerprint density at radius 3 is 2.47 bits per heavy atom. The summed E-state index contributed by atoms with van der Waals surface area (Å²) in [4.78, 5) is 16.5. The van der Waals surface area contributed by atoms with Crippen LogP contribution in [0.4, 0.5) is 0 Å². The lowest BCUT2D eigenvalue weighted by molar-refractivity contribution is -0.123. The molecule has 0 spiro atoms. The summed E-state index contributed by atoms with van der Waals surface area (Å²) in [6, 6.07) is 9.54. The van der Waals surface area contributed by atoms with Crippen LogP contribution in [0.2, 0.25) is 0 Å². The molecule has 0 saturated heterocycles. The van der Waals surface area contributed by atoms with Gasteiger partial charge in [0.1, 0.15) is 12.1 Å². The largest absolute Gasteiger partial charge is 0.372 e. The lowest BCUT2D eigenvalue weighted by Gasteiger charge is -2.25. The van der Waals surface area contributed by atoms with Crippen LogP contribution in [0.3, 0.4) is 0 Å². The number of nitrogens with one attached hydrogen (secondary N) is 3. The Bertz CT molecular complexity index is 995. The van der Waals surface area contributed by atoms with Crippen molar-refractivity contribution in [1.82, 2.24) is 15.6 Å². The molecular weight excluding hydrogens is 396 g/mol. The predicted molar refractivity (Wildman–Crippen MR) is 134 cm³/mol. The molecule has 0 radical (unpaired) electrons. The molecule has 1 amide bonds. The van der Waals surface area contributed by atoms with Crippen LogP contribution in [0.5, 0.6) is 0 Å². The van der Waals surface area contributed by atoms with Gasteiger partial charge < -0.3 is 15.6 Å². The minimum atomic E-state index is -0.547. The van der Waals surface area contributed by atoms with Crippen LogP contribution < -0.4 is 10.6 Å². The molecule has 0 aliphatic carbocycles. The molecule has 5 nitrogen and oxygen atoms in total. The van der Waals surface area contributed by atoms with Crippen molar-refractivity contribution in [3.63, 3.8) is 0 Å². The summed E-state index contributed by atoms with van der Waals surface area (Å²) in [6.45, 7) is 18.6. The van der Waals surface area contributed by atoms with E-state index in [0.29, 0.717) is 24.5 Å². The fourth-order valence-electron chi connectivity index (χ4n) is 4.10. The van der Waals surface area contributed by atoms with Crippen LogP contribution in [-0.4, -0.2) is 23.0 Å². The van der Waals surface area contributed by atoms with E-state index in [1.807, 2.05) is 19.1 Å². The van der Waals surface area contributed by atoms with Gasteiger partial charge in [-0.15, -0.1) is 0 Å². The van der Waals surface area contributed by atoms with Crippen molar-refractivity contribution in [2.45, 2.75) is 72.4 Å². The molecule has 0 saturated carbocycles. The predicted octanol–water partition coefficient (Wildman–Crippen LogP) is 5.71. The number of carbonyl (C=O) groups excluding carboxylic acids is 1. The van der Waals surface area contributed by atoms with Crippen LogP contribution in [0.1, 0.15) is 65.1 Å². The fraction of sp³-hybridized carbons (Fsp3) is 0.481. The van der Waals surface area contributed by atoms with E-state index in [0.717, 1.165) is 29.6 Å². The van der Waals surface area contributed by atoms with Gasteiger partial charge in [0.2, 0.25) is 5.91 Å². The first-order valence-corrected chi connectivity index (χ1v) is 11.6. The topological polar surface area (TPSA) is 80.7 Å². The number of aromatic nitrogens is 1. The number of aryl methyl sites for hydroxylation is 1. The van der Waals surface area contributed by atoms with E-state index in [2.05, 4.69) is 74.7 Å². The van der Waals surface area contributed by atoms with Crippen molar-refractivity contribution in [2.24, 2.45) is 11.8 Å². The molecule has 172 valence electrons. The number of amides is 1. The standard InChI is InChI=1S/C27H38N4O/c1-8-20-11-10-12-24-23(20)15-25(31-24)19(7)29-26(13-17(3)4)27(32)30-22(16-28)14-21(9-2)18(5)6/h10-12,15,17,21-22,26,29,31H,5,7-9,13-14H2,1-4,6H3,(H,30,32)/t21?,22?,26-/m0/s1. The normalized spacial score (nSPS) is 13.9. The third kappa shape index (κ3) is 6.50. The molecular formula is C27H38N4O. The molecule has 3 N–H and O–H groups in total. The summed E-state index contributed by atoms with van der Waals surface area (Å²) in [5, 5.41) is 17.0. The van der Waals surface area contributed by atoms with Crippen LogP contribution in [0.25, 0.3) is 16.6 Å². The van der Waals surface area contributed by atoms with Gasteiger partial charge in [0, 0.05) is 10.9 Å². The van der Waals surface area contributed by atoms with Crippen molar-refractivity contribution in [1.29, 1.82) is 5.26 Å². The van der Waals surface area contributed by atoms with Gasteiger partial charge in [0.05, 0.1) is 17.5 Å². The van der Waals surface area contributed by atoms with Gasteiger partial charge >= 0.3 is 0 Å². The number of nitriles is 1. The Hall–Kier alpha value is -3.00. The minimum absolute atomic E-state index is 0.173. The zero-order valence-electron chi connectivity index (χ0n) is 20.2. The third-order valence-corrected chi connectivity index (χ3v) is 6.01. The number of carbonyl (C=O) groups is 1. The van der Waals surface area contributed by atoms with Crippen molar-refractivity contribution in [3.8, 4) is 6.07 Å². The van der Waals surface area contributed by atoms with E-state index in [1.54, 1.807) is 0 Å². The van der Waals surface area contributed by atoms with Crippen molar-refractivity contribution in [2.75, 3.05) is 0 Å². The molecule has 2 unspecified atom stereocenters. The molecule has 1 aromatic carbocycles. The highest BCUT2D eigenvalue weighted by Gasteiger charge is 2.25. The quantitative estimate of drug-likeness (QED) is 0.375. The average Bonchev–Trinajstić information content (AvgIpc) is 3.19. The number of hydrogen-bond acceptors (Lipinski definition) is 3. The first-order valence-electron chi connectivity index (χ1n) is 11.6. The van der Waals surface area contributed by atoms with Crippen LogP contribution in [-0.2, 0) is 11.2 Å². The molecule has 0 aliphatic rings. The smallest absolute Gasteiger partial charge is 0.243 e. The van der Waals surface area contributed by atoms with E-state index in [4.69, 9.17) is 0 Å². The van der Waals surface area contributed by atoms with Crippen molar-refractivity contribution in [3.05, 3.63) is 54.3 Å². The molecule has 2 rings (SSSR count). The maximum atomic E-state index is 13.1. The summed E-state index contributed by atoms with van der Waals surface area (Å²) in [6.07, 6.45) is 3.06. The highest BCUT2D eigenvalue weighted by molar-refractivity contribution is 5.88. The van der Waals surface area contributed by atoms with E-state index >= 15 is 0 Å². The Kier molecular flexibility index (Phi) is 9.13. The van der Waals surface area contributed by atoms with Gasteiger partial charge in [-0.25, -0.2) is 0 Å². The summed E-state index contributed by atoms with van der Waals surface area (Å²) in [5.41, 5.74) is 4.91. The van der Waals surface area contributed by atoms with E-state index in [9.17, 15) is 10.1 Å². The fourth-order valence-corrected chi connectivity index (χ4v) is 4.10. The second kappa shape index (κ2) is 11.6. The third-order valence-electron chi connectivity index (χ3n) is 6.01. The van der Waals surface area contributed by atoms with Gasteiger partial charge in [-0.1, -0.05) is 58.6 Å². The van der Waals surface area contributed by atoms with Crippen LogP contribution in [0, 0.1) is 23.2 Å². The molecule has 0 fully saturated rings. The Morgan fingerprint density at radius 1 is 1.19 bits per heavy atom. The van der Waals surface area contributed by atoms with Gasteiger partial charge in [0.25, 0.3) is 0 Å². The van der Waals surface area contributed by atoms with Crippen molar-refractivity contribution >= 4 is 22.5 Å². The monoisotopic (exact) mass is 434 g/mol. The molecule has 0 aliphatic heterocycles. The van der Waals surface area contributed by atoms with Crippen LogP contribution >= 0.6 is 0 Å². The molecule has 32 heavy (non-hydrogen) atoms. The number of H-pyrrole nitrogens is 1. The maximum absolute atomic E-state index is 13.1. The molecule has 1 heterocycles. The maximum Gasteiger partial charge on any atom is 0.243 e. The number of allylic oxidation sites excluding steroid dienone is 1.